The summed E-state index contributed by atoms with van der Waals surface area (Å²) in [5.74, 6) is 0. The maximum absolute atomic E-state index is 10.1. The second kappa shape index (κ2) is 29.7. The summed E-state index contributed by atoms with van der Waals surface area (Å²) < 4.78 is 34.1. The number of unbranched alkanes of at least 4 members (excludes halogenated alkanes) is 15. The van der Waals surface area contributed by atoms with Crippen LogP contribution >= 0.6 is 0 Å². The van der Waals surface area contributed by atoms with Gasteiger partial charge in [-0.3, -0.25) is 8.42 Å². The van der Waals surface area contributed by atoms with E-state index in [1.165, 1.54) is 83.5 Å². The zero-order valence-corrected chi connectivity index (χ0v) is 22.3. The molecule has 6 nitrogen and oxygen atoms in total. The Kier molecular flexibility index (Phi) is 39.5. The van der Waals surface area contributed by atoms with Crippen LogP contribution in [0, 0.1) is 0 Å². The van der Waals surface area contributed by atoms with E-state index < -0.39 is 10.4 Å². The van der Waals surface area contributed by atoms with Crippen LogP contribution in [0.4, 0.5) is 0 Å². The molecule has 0 bridgehead atoms. The molecule has 0 unspecified atom stereocenters. The van der Waals surface area contributed by atoms with Gasteiger partial charge in [-0.1, -0.05) is 83.5 Å². The molecule has 1 N–H and O–H groups in total. The van der Waals surface area contributed by atoms with Gasteiger partial charge in [-0.05, 0) is 12.8 Å². The van der Waals surface area contributed by atoms with E-state index in [0.29, 0.717) is 6.61 Å². The fraction of sp³-hybridized carbons (Fsp3) is 0.944. The predicted octanol–water partition coefficient (Wildman–Crippen LogP) is -1.91. The van der Waals surface area contributed by atoms with Crippen LogP contribution in [0.2, 0.25) is 0 Å². The molecule has 0 saturated heterocycles. The van der Waals surface area contributed by atoms with Gasteiger partial charge >= 0.3 is 59.1 Å². The van der Waals surface area contributed by atoms with E-state index in [1.807, 2.05) is 0 Å². The Bertz CT molecular complexity index is 359. The summed E-state index contributed by atoms with van der Waals surface area (Å²) in [6, 6.07) is 0. The van der Waals surface area contributed by atoms with Gasteiger partial charge in [-0.2, -0.15) is 0 Å². The van der Waals surface area contributed by atoms with E-state index in [1.54, 1.807) is 0 Å². The number of aldehydes is 1. The third-order valence-electron chi connectivity index (χ3n) is 3.98. The molecule has 0 saturated carbocycles. The van der Waals surface area contributed by atoms with Crippen molar-refractivity contribution in [1.82, 2.24) is 0 Å². The van der Waals surface area contributed by atoms with Crippen molar-refractivity contribution < 1.29 is 86.5 Å². The van der Waals surface area contributed by atoms with E-state index in [0.717, 1.165) is 25.5 Å². The molecule has 0 aliphatic carbocycles. The van der Waals surface area contributed by atoms with Crippen molar-refractivity contribution >= 4 is 16.7 Å². The average molecular weight is 427 g/mol. The molecular formula is C18H36Na2O6S. The zero-order valence-electron chi connectivity index (χ0n) is 17.5. The van der Waals surface area contributed by atoms with Crippen LogP contribution in [-0.2, 0) is 15.2 Å². The van der Waals surface area contributed by atoms with Gasteiger partial charge in [0.15, 0.2) is 0 Å². The van der Waals surface area contributed by atoms with Gasteiger partial charge < -0.3 is 19.0 Å². The molecule has 0 heterocycles. The maximum Gasteiger partial charge on any atom is 1.00 e. The molecule has 0 aliphatic rings. The number of rotatable bonds is 17. The summed E-state index contributed by atoms with van der Waals surface area (Å²) in [5, 5.41) is 8.67. The molecule has 0 atom stereocenters. The minimum atomic E-state index is -5.17. The number of carbonyl (C=O) groups excluding carboxylic acids is 1. The molecule has 0 amide bonds. The second-order valence-electron chi connectivity index (χ2n) is 6.39. The number of carbonyl (C=O) groups is 1. The average Bonchev–Trinajstić information content (AvgIpc) is 2.53. The fourth-order valence-corrected chi connectivity index (χ4v) is 2.64. The number of hydrogen-bond acceptors (Lipinski definition) is 6. The standard InChI is InChI=1S/C18H36O2.2Na.H2O4S/c19-17-15-13-11-9-7-5-3-1-2-4-6-8-10-12-14-16-18-20;;;1-5(2,3)4/h17,20H,1-16,18H2;;;(H2,1,2,3,4)/q;2*+1;/p-2. The first-order valence-electron chi connectivity index (χ1n) is 9.63. The summed E-state index contributed by atoms with van der Waals surface area (Å²) in [4.78, 5) is 10.1. The molecule has 0 aliphatic heterocycles. The molecular weight excluding hydrogens is 390 g/mol. The van der Waals surface area contributed by atoms with Crippen molar-refractivity contribution in [3.63, 3.8) is 0 Å². The molecule has 9 heteroatoms. The zero-order chi connectivity index (χ0) is 19.2. The number of aliphatic hydroxyl groups excluding tert-OH is 1. The minimum Gasteiger partial charge on any atom is -0.759 e. The molecule has 0 aromatic rings. The topological polar surface area (TPSA) is 118 Å². The molecule has 0 rings (SSSR count). The van der Waals surface area contributed by atoms with Crippen LogP contribution in [0.15, 0.2) is 0 Å². The van der Waals surface area contributed by atoms with Crippen molar-refractivity contribution in [3.8, 4) is 0 Å². The van der Waals surface area contributed by atoms with Crippen LogP contribution in [0.3, 0.4) is 0 Å². The molecule has 0 radical (unpaired) electrons. The van der Waals surface area contributed by atoms with Crippen molar-refractivity contribution in [2.45, 2.75) is 103 Å². The van der Waals surface area contributed by atoms with Crippen molar-refractivity contribution in [3.05, 3.63) is 0 Å². The first-order valence-corrected chi connectivity index (χ1v) is 11.0. The van der Waals surface area contributed by atoms with Crippen molar-refractivity contribution in [2.75, 3.05) is 6.61 Å². The smallest absolute Gasteiger partial charge is 0.759 e. The van der Waals surface area contributed by atoms with E-state index in [-0.39, 0.29) is 59.1 Å². The Balaban J connectivity index is -0.000000333. The van der Waals surface area contributed by atoms with Crippen LogP contribution < -0.4 is 59.1 Å². The summed E-state index contributed by atoms with van der Waals surface area (Å²) in [7, 11) is -5.17. The van der Waals surface area contributed by atoms with E-state index in [2.05, 4.69) is 0 Å². The van der Waals surface area contributed by atoms with E-state index in [9.17, 15) is 4.79 Å². The largest absolute Gasteiger partial charge is 1.00 e. The first-order chi connectivity index (χ1) is 11.9. The first kappa shape index (κ1) is 35.9. The Morgan fingerprint density at radius 2 is 0.815 bits per heavy atom. The monoisotopic (exact) mass is 426 g/mol. The normalized spacial score (nSPS) is 10.2. The van der Waals surface area contributed by atoms with Gasteiger partial charge in [0.25, 0.3) is 0 Å². The third kappa shape index (κ3) is 52.2. The summed E-state index contributed by atoms with van der Waals surface area (Å²) in [5.41, 5.74) is 0. The Labute approximate surface area is 210 Å². The SMILES string of the molecule is O=CCCCCCCCCCCCCCCCCCO.O=S(=O)([O-])[O-].[Na+].[Na+]. The van der Waals surface area contributed by atoms with Crippen LogP contribution in [0.1, 0.15) is 103 Å². The molecule has 152 valence electrons. The van der Waals surface area contributed by atoms with Crippen molar-refractivity contribution in [2.24, 2.45) is 0 Å². The second-order valence-corrected chi connectivity index (χ2v) is 7.21. The molecule has 0 aromatic heterocycles. The molecule has 27 heavy (non-hydrogen) atoms. The van der Waals surface area contributed by atoms with Gasteiger partial charge in [0.05, 0.1) is 0 Å². The van der Waals surface area contributed by atoms with Gasteiger partial charge in [0, 0.05) is 23.4 Å². The summed E-state index contributed by atoms with van der Waals surface area (Å²) in [6.07, 6.45) is 21.3. The van der Waals surface area contributed by atoms with Gasteiger partial charge in [-0.15, -0.1) is 0 Å². The quantitative estimate of drug-likeness (QED) is 0.0954. The Hall–Kier alpha value is 1.50. The van der Waals surface area contributed by atoms with Crippen LogP contribution in [0.5, 0.6) is 0 Å². The number of hydrogen-bond donors (Lipinski definition) is 1. The van der Waals surface area contributed by atoms with Crippen LogP contribution in [0.25, 0.3) is 0 Å². The van der Waals surface area contributed by atoms with E-state index in [4.69, 9.17) is 22.6 Å². The van der Waals surface area contributed by atoms with Gasteiger partial charge in [-0.25, -0.2) is 0 Å². The molecule has 0 fully saturated rings. The Morgan fingerprint density at radius 3 is 1.04 bits per heavy atom. The fourth-order valence-electron chi connectivity index (χ4n) is 2.64. The Morgan fingerprint density at radius 1 is 0.593 bits per heavy atom. The minimum absolute atomic E-state index is 0. The molecule has 0 aromatic carbocycles. The summed E-state index contributed by atoms with van der Waals surface area (Å²) >= 11 is 0. The predicted molar refractivity (Wildman–Crippen MR) is 97.5 cm³/mol. The van der Waals surface area contributed by atoms with Gasteiger partial charge in [0.1, 0.15) is 6.29 Å². The van der Waals surface area contributed by atoms with Gasteiger partial charge in [0.2, 0.25) is 0 Å². The number of aliphatic hydroxyl groups is 1. The summed E-state index contributed by atoms with van der Waals surface area (Å²) in [6.45, 7) is 0.358. The van der Waals surface area contributed by atoms with E-state index >= 15 is 0 Å². The molecule has 0 spiro atoms. The maximum atomic E-state index is 10.1. The third-order valence-corrected chi connectivity index (χ3v) is 3.98. The van der Waals surface area contributed by atoms with Crippen LogP contribution in [-0.4, -0.2) is 35.5 Å². The van der Waals surface area contributed by atoms with Crippen molar-refractivity contribution in [1.29, 1.82) is 0 Å².